The maximum Gasteiger partial charge on any atom is 0.405 e. The summed E-state index contributed by atoms with van der Waals surface area (Å²) in [6.45, 7) is 3.61. The Kier molecular flexibility index (Phi) is 3.19. The van der Waals surface area contributed by atoms with Crippen LogP contribution in [0.15, 0.2) is 24.3 Å². The van der Waals surface area contributed by atoms with E-state index in [-0.39, 0.29) is 0 Å². The second-order valence-corrected chi connectivity index (χ2v) is 4.10. The number of nitrogens with two attached hydrogens (primary N) is 2. The van der Waals surface area contributed by atoms with Gasteiger partial charge in [0.2, 0.25) is 0 Å². The highest BCUT2D eigenvalue weighted by Gasteiger charge is 2.22. The fraction of sp³-hybridized carbons (Fsp3) is 0.364. The van der Waals surface area contributed by atoms with Crippen LogP contribution in [0.3, 0.4) is 0 Å². The lowest BCUT2D eigenvalue weighted by Gasteiger charge is -2.24. The first-order valence-corrected chi connectivity index (χ1v) is 4.72. The van der Waals surface area contributed by atoms with Crippen molar-refractivity contribution in [1.29, 1.82) is 0 Å². The maximum atomic E-state index is 10.6. The van der Waals surface area contributed by atoms with Crippen LogP contribution in [0.25, 0.3) is 0 Å². The monoisotopic (exact) mass is 208 g/mol. The molecule has 1 aromatic carbocycles. The van der Waals surface area contributed by atoms with Crippen molar-refractivity contribution in [3.05, 3.63) is 29.8 Å². The molecule has 0 bridgehead atoms. The van der Waals surface area contributed by atoms with Gasteiger partial charge in [-0.2, -0.15) is 0 Å². The van der Waals surface area contributed by atoms with Gasteiger partial charge in [0.25, 0.3) is 0 Å². The van der Waals surface area contributed by atoms with Gasteiger partial charge >= 0.3 is 6.09 Å². The third-order valence-electron chi connectivity index (χ3n) is 1.96. The van der Waals surface area contributed by atoms with E-state index in [9.17, 15) is 4.79 Å². The van der Waals surface area contributed by atoms with Crippen LogP contribution in [0.2, 0.25) is 0 Å². The summed E-state index contributed by atoms with van der Waals surface area (Å²) < 4.78 is 4.98. The minimum atomic E-state index is -0.760. The smallest absolute Gasteiger partial charge is 0.405 e. The van der Waals surface area contributed by atoms with Crippen molar-refractivity contribution in [2.45, 2.75) is 25.9 Å². The van der Waals surface area contributed by atoms with Crippen LogP contribution in [0.5, 0.6) is 0 Å². The van der Waals surface area contributed by atoms with E-state index in [1.807, 2.05) is 24.3 Å². The zero-order chi connectivity index (χ0) is 11.5. The van der Waals surface area contributed by atoms with Crippen molar-refractivity contribution in [3.63, 3.8) is 0 Å². The molecule has 1 aromatic rings. The molecule has 82 valence electrons. The van der Waals surface area contributed by atoms with Crippen LogP contribution >= 0.6 is 0 Å². The molecule has 0 fully saturated rings. The van der Waals surface area contributed by atoms with Gasteiger partial charge in [0, 0.05) is 12.1 Å². The molecule has 0 unspecified atom stereocenters. The average Bonchev–Trinajstić information content (AvgIpc) is 1.99. The number of hydrogen-bond acceptors (Lipinski definition) is 3. The summed E-state index contributed by atoms with van der Waals surface area (Å²) in [6.07, 6.45) is -0.176. The van der Waals surface area contributed by atoms with Crippen molar-refractivity contribution >= 4 is 11.8 Å². The molecular weight excluding hydrogens is 192 g/mol. The van der Waals surface area contributed by atoms with E-state index in [4.69, 9.17) is 16.2 Å². The summed E-state index contributed by atoms with van der Waals surface area (Å²) in [6, 6.07) is 7.46. The standard InChI is InChI=1S/C11H16N2O2/c1-11(2,15-10(13)14)7-8-4-3-5-9(12)6-8/h3-6H,7,12H2,1-2H3,(H2,13,14). The van der Waals surface area contributed by atoms with Gasteiger partial charge in [-0.05, 0) is 31.5 Å². The molecule has 0 aliphatic carbocycles. The van der Waals surface area contributed by atoms with E-state index < -0.39 is 11.7 Å². The highest BCUT2D eigenvalue weighted by Crippen LogP contribution is 2.18. The molecule has 0 aromatic heterocycles. The summed E-state index contributed by atoms with van der Waals surface area (Å²) in [5.41, 5.74) is 11.7. The fourth-order valence-corrected chi connectivity index (χ4v) is 1.50. The predicted molar refractivity (Wildman–Crippen MR) is 59.3 cm³/mol. The number of primary amides is 1. The topological polar surface area (TPSA) is 78.3 Å². The van der Waals surface area contributed by atoms with Crippen LogP contribution < -0.4 is 11.5 Å². The zero-order valence-corrected chi connectivity index (χ0v) is 8.99. The molecule has 1 amide bonds. The van der Waals surface area contributed by atoms with Gasteiger partial charge in [0.05, 0.1) is 0 Å². The Morgan fingerprint density at radius 3 is 2.67 bits per heavy atom. The first-order chi connectivity index (χ1) is 6.89. The molecule has 15 heavy (non-hydrogen) atoms. The SMILES string of the molecule is CC(C)(Cc1cccc(N)c1)OC(N)=O. The Hall–Kier alpha value is -1.71. The van der Waals surface area contributed by atoms with Crippen LogP contribution in [0.1, 0.15) is 19.4 Å². The minimum Gasteiger partial charge on any atom is -0.443 e. The normalized spacial score (nSPS) is 11.1. The molecule has 0 spiro atoms. The van der Waals surface area contributed by atoms with Gasteiger partial charge in [-0.3, -0.25) is 0 Å². The van der Waals surface area contributed by atoms with E-state index in [0.29, 0.717) is 12.1 Å². The second kappa shape index (κ2) is 4.21. The Labute approximate surface area is 89.2 Å². The number of carbonyl (C=O) groups is 1. The average molecular weight is 208 g/mol. The second-order valence-electron chi connectivity index (χ2n) is 4.10. The molecule has 0 aliphatic rings. The molecule has 0 heterocycles. The van der Waals surface area contributed by atoms with E-state index in [0.717, 1.165) is 5.56 Å². The molecule has 0 saturated heterocycles. The first-order valence-electron chi connectivity index (χ1n) is 4.72. The largest absolute Gasteiger partial charge is 0.443 e. The number of carbonyl (C=O) groups excluding carboxylic acids is 1. The molecule has 0 aliphatic heterocycles. The highest BCUT2D eigenvalue weighted by atomic mass is 16.6. The van der Waals surface area contributed by atoms with Crippen LogP contribution in [0, 0.1) is 0 Å². The van der Waals surface area contributed by atoms with E-state index >= 15 is 0 Å². The molecule has 4 nitrogen and oxygen atoms in total. The lowest BCUT2D eigenvalue weighted by molar-refractivity contribution is 0.0460. The van der Waals surface area contributed by atoms with Crippen molar-refractivity contribution in [1.82, 2.24) is 0 Å². The van der Waals surface area contributed by atoms with E-state index in [1.54, 1.807) is 13.8 Å². The molecule has 4 heteroatoms. The van der Waals surface area contributed by atoms with Crippen molar-refractivity contribution < 1.29 is 9.53 Å². The number of benzene rings is 1. The molecule has 0 saturated carbocycles. The number of amides is 1. The molecule has 0 atom stereocenters. The Morgan fingerprint density at radius 2 is 2.13 bits per heavy atom. The van der Waals surface area contributed by atoms with Crippen molar-refractivity contribution in [3.8, 4) is 0 Å². The number of rotatable bonds is 3. The van der Waals surface area contributed by atoms with Crippen LogP contribution in [0.4, 0.5) is 10.5 Å². The maximum absolute atomic E-state index is 10.6. The third-order valence-corrected chi connectivity index (χ3v) is 1.96. The third kappa shape index (κ3) is 3.89. The zero-order valence-electron chi connectivity index (χ0n) is 8.99. The molecule has 1 rings (SSSR count). The summed E-state index contributed by atoms with van der Waals surface area (Å²) in [4.78, 5) is 10.6. The van der Waals surface area contributed by atoms with E-state index in [1.165, 1.54) is 0 Å². The van der Waals surface area contributed by atoms with Gasteiger partial charge in [-0.15, -0.1) is 0 Å². The van der Waals surface area contributed by atoms with Crippen LogP contribution in [-0.4, -0.2) is 11.7 Å². The Balaban J connectivity index is 2.72. The van der Waals surface area contributed by atoms with Crippen LogP contribution in [-0.2, 0) is 11.2 Å². The summed E-state index contributed by atoms with van der Waals surface area (Å²) in [7, 11) is 0. The molecule has 4 N–H and O–H groups in total. The molecule has 0 radical (unpaired) electrons. The quantitative estimate of drug-likeness (QED) is 0.742. The lowest BCUT2D eigenvalue weighted by Crippen LogP contribution is -2.33. The van der Waals surface area contributed by atoms with Gasteiger partial charge in [0.1, 0.15) is 5.60 Å². The molecular formula is C11H16N2O2. The van der Waals surface area contributed by atoms with Gasteiger partial charge in [0.15, 0.2) is 0 Å². The summed E-state index contributed by atoms with van der Waals surface area (Å²) in [5, 5.41) is 0. The van der Waals surface area contributed by atoms with Crippen molar-refractivity contribution in [2.24, 2.45) is 5.73 Å². The number of hydrogen-bond donors (Lipinski definition) is 2. The first kappa shape index (κ1) is 11.4. The van der Waals surface area contributed by atoms with Gasteiger partial charge in [-0.25, -0.2) is 4.79 Å². The number of anilines is 1. The lowest BCUT2D eigenvalue weighted by atomic mass is 9.98. The Morgan fingerprint density at radius 1 is 1.47 bits per heavy atom. The van der Waals surface area contributed by atoms with E-state index in [2.05, 4.69) is 0 Å². The Bertz CT molecular complexity index is 361. The summed E-state index contributed by atoms with van der Waals surface area (Å²) >= 11 is 0. The predicted octanol–water partition coefficient (Wildman–Crippen LogP) is 1.69. The van der Waals surface area contributed by atoms with Crippen molar-refractivity contribution in [2.75, 3.05) is 5.73 Å². The van der Waals surface area contributed by atoms with Gasteiger partial charge in [-0.1, -0.05) is 12.1 Å². The highest BCUT2D eigenvalue weighted by molar-refractivity contribution is 5.65. The number of nitrogen functional groups attached to an aromatic ring is 1. The number of ether oxygens (including phenoxy) is 1. The van der Waals surface area contributed by atoms with Gasteiger partial charge < -0.3 is 16.2 Å². The fourth-order valence-electron chi connectivity index (χ4n) is 1.50. The summed E-state index contributed by atoms with van der Waals surface area (Å²) in [5.74, 6) is 0. The minimum absolute atomic E-state index is 0.584.